The van der Waals surface area contributed by atoms with E-state index in [1.165, 1.54) is 16.0 Å². The van der Waals surface area contributed by atoms with E-state index in [4.69, 9.17) is 4.98 Å². The van der Waals surface area contributed by atoms with E-state index in [0.717, 1.165) is 48.2 Å². The smallest absolute Gasteiger partial charge is 0.269 e. The fourth-order valence-corrected chi connectivity index (χ4v) is 4.83. The summed E-state index contributed by atoms with van der Waals surface area (Å²) in [6.07, 6.45) is 3.03. The van der Waals surface area contributed by atoms with Crippen LogP contribution in [-0.2, 0) is 19.5 Å². The van der Waals surface area contributed by atoms with Gasteiger partial charge in [-0.05, 0) is 58.4 Å². The molecule has 3 aromatic rings. The molecule has 1 amide bonds. The highest BCUT2D eigenvalue weighted by atomic mass is 32.2. The third-order valence-corrected chi connectivity index (χ3v) is 6.74. The maximum atomic E-state index is 12.4. The maximum absolute atomic E-state index is 12.4. The Morgan fingerprint density at radius 3 is 2.77 bits per heavy atom. The largest absolute Gasteiger partial charge is 0.354 e. The molecule has 2 heterocycles. The van der Waals surface area contributed by atoms with Crippen LogP contribution in [0.3, 0.4) is 0 Å². The standard InChI is InChI=1S/C24H26N3OPS/c1-25-24(28)21-13-20(19-8-3-4-9-23(19)29)18-10-11-27(15-22(18)26-21)14-16-6-5-7-17(12-16)30-2/h3-9,12-13H,10-11,14-15,29H2,1-2H3,(H,25,28). The molecule has 6 heteroatoms. The molecule has 4 rings (SSSR count). The van der Waals surface area contributed by atoms with E-state index >= 15 is 0 Å². The van der Waals surface area contributed by atoms with Crippen LogP contribution in [0.5, 0.6) is 0 Å². The van der Waals surface area contributed by atoms with Gasteiger partial charge in [0.05, 0.1) is 5.69 Å². The SMILES string of the molecule is CNC(=O)c1cc(-c2ccccc2P)c2c(n1)CN(Cc1cccc(SC)c1)CC2. The predicted molar refractivity (Wildman–Crippen MR) is 128 cm³/mol. The molecule has 0 bridgehead atoms. The van der Waals surface area contributed by atoms with Crippen LogP contribution in [0.4, 0.5) is 0 Å². The first kappa shape index (κ1) is 21.0. The summed E-state index contributed by atoms with van der Waals surface area (Å²) in [4.78, 5) is 20.9. The molecule has 1 unspecified atom stereocenters. The zero-order chi connectivity index (χ0) is 21.1. The second-order valence-corrected chi connectivity index (χ2v) is 8.96. The van der Waals surface area contributed by atoms with Crippen molar-refractivity contribution < 1.29 is 4.79 Å². The highest BCUT2D eigenvalue weighted by Gasteiger charge is 2.24. The number of benzene rings is 2. The highest BCUT2D eigenvalue weighted by Crippen LogP contribution is 2.31. The minimum Gasteiger partial charge on any atom is -0.354 e. The number of carbonyl (C=O) groups is 1. The first-order valence-electron chi connectivity index (χ1n) is 10.0. The van der Waals surface area contributed by atoms with Gasteiger partial charge in [0.2, 0.25) is 0 Å². The maximum Gasteiger partial charge on any atom is 0.269 e. The predicted octanol–water partition coefficient (Wildman–Crippen LogP) is 3.89. The van der Waals surface area contributed by atoms with Crippen LogP contribution in [-0.4, -0.2) is 35.6 Å². The lowest BCUT2D eigenvalue weighted by Crippen LogP contribution is -2.32. The lowest BCUT2D eigenvalue weighted by Gasteiger charge is -2.30. The second kappa shape index (κ2) is 9.30. The van der Waals surface area contributed by atoms with E-state index < -0.39 is 0 Å². The van der Waals surface area contributed by atoms with Crippen LogP contribution in [0.2, 0.25) is 0 Å². The lowest BCUT2D eigenvalue weighted by atomic mass is 9.93. The molecule has 0 spiro atoms. The van der Waals surface area contributed by atoms with Crippen LogP contribution in [0.25, 0.3) is 11.1 Å². The van der Waals surface area contributed by atoms with Crippen molar-refractivity contribution in [3.8, 4) is 11.1 Å². The number of amides is 1. The van der Waals surface area contributed by atoms with Gasteiger partial charge < -0.3 is 5.32 Å². The Labute approximate surface area is 184 Å². The van der Waals surface area contributed by atoms with Gasteiger partial charge in [0.15, 0.2) is 0 Å². The number of rotatable bonds is 5. The quantitative estimate of drug-likeness (QED) is 0.488. The summed E-state index contributed by atoms with van der Waals surface area (Å²) in [5.41, 5.74) is 6.31. The molecule has 1 aromatic heterocycles. The first-order chi connectivity index (χ1) is 14.6. The Morgan fingerprint density at radius 1 is 1.17 bits per heavy atom. The van der Waals surface area contributed by atoms with E-state index in [9.17, 15) is 4.79 Å². The number of aromatic nitrogens is 1. The summed E-state index contributed by atoms with van der Waals surface area (Å²) < 4.78 is 0. The van der Waals surface area contributed by atoms with Gasteiger partial charge in [0.1, 0.15) is 5.69 Å². The fourth-order valence-electron chi connectivity index (χ4n) is 3.99. The molecule has 0 fully saturated rings. The van der Waals surface area contributed by atoms with Crippen LogP contribution in [0.1, 0.15) is 27.3 Å². The number of nitrogens with zero attached hydrogens (tertiary/aromatic N) is 2. The topological polar surface area (TPSA) is 45.2 Å². The van der Waals surface area contributed by atoms with E-state index in [1.54, 1.807) is 18.8 Å². The molecule has 1 aliphatic rings. The molecular weight excluding hydrogens is 409 g/mol. The van der Waals surface area contributed by atoms with Crippen LogP contribution in [0, 0.1) is 0 Å². The molecule has 0 aliphatic carbocycles. The summed E-state index contributed by atoms with van der Waals surface area (Å²) in [5, 5.41) is 3.85. The van der Waals surface area contributed by atoms with Crippen molar-refractivity contribution in [2.45, 2.75) is 24.4 Å². The van der Waals surface area contributed by atoms with Crippen LogP contribution in [0.15, 0.2) is 59.5 Å². The Kier molecular flexibility index (Phi) is 6.52. The fraction of sp³-hybridized carbons (Fsp3) is 0.250. The minimum atomic E-state index is -0.148. The number of fused-ring (bicyclic) bond motifs is 1. The van der Waals surface area contributed by atoms with E-state index in [0.29, 0.717) is 5.69 Å². The van der Waals surface area contributed by atoms with Crippen molar-refractivity contribution in [2.75, 3.05) is 19.8 Å². The monoisotopic (exact) mass is 435 g/mol. The molecule has 1 N–H and O–H groups in total. The number of hydrogen-bond acceptors (Lipinski definition) is 4. The zero-order valence-corrected chi connectivity index (χ0v) is 19.3. The van der Waals surface area contributed by atoms with Crippen LogP contribution < -0.4 is 10.6 Å². The molecule has 2 aromatic carbocycles. The number of thioether (sulfide) groups is 1. The zero-order valence-electron chi connectivity index (χ0n) is 17.3. The third-order valence-electron chi connectivity index (χ3n) is 5.51. The second-order valence-electron chi connectivity index (χ2n) is 7.46. The van der Waals surface area contributed by atoms with Crippen molar-refractivity contribution >= 4 is 32.2 Å². The van der Waals surface area contributed by atoms with Crippen molar-refractivity contribution in [1.29, 1.82) is 0 Å². The average molecular weight is 436 g/mol. The third kappa shape index (κ3) is 4.44. The molecule has 154 valence electrons. The molecule has 0 radical (unpaired) electrons. The summed E-state index contributed by atoms with van der Waals surface area (Å²) in [5.74, 6) is -0.148. The van der Waals surface area contributed by atoms with Gasteiger partial charge in [0, 0.05) is 31.6 Å². The Hall–Kier alpha value is -2.20. The molecule has 0 saturated carbocycles. The summed E-state index contributed by atoms with van der Waals surface area (Å²) >= 11 is 1.76. The number of carbonyl (C=O) groups excluding carboxylic acids is 1. The molecule has 4 nitrogen and oxygen atoms in total. The molecular formula is C24H26N3OPS. The average Bonchev–Trinajstić information content (AvgIpc) is 2.78. The number of pyridine rings is 1. The van der Waals surface area contributed by atoms with Gasteiger partial charge in [-0.1, -0.05) is 36.4 Å². The minimum absolute atomic E-state index is 0.148. The summed E-state index contributed by atoms with van der Waals surface area (Å²) in [6.45, 7) is 2.61. The van der Waals surface area contributed by atoms with Gasteiger partial charge >= 0.3 is 0 Å². The lowest BCUT2D eigenvalue weighted by molar-refractivity contribution is 0.0957. The summed E-state index contributed by atoms with van der Waals surface area (Å²) in [7, 11) is 4.46. The normalized spacial score (nSPS) is 13.7. The van der Waals surface area contributed by atoms with Gasteiger partial charge in [-0.15, -0.1) is 21.0 Å². The van der Waals surface area contributed by atoms with Crippen molar-refractivity contribution in [3.05, 3.63) is 77.1 Å². The first-order valence-corrected chi connectivity index (χ1v) is 11.8. The van der Waals surface area contributed by atoms with Crippen molar-refractivity contribution in [3.63, 3.8) is 0 Å². The van der Waals surface area contributed by atoms with Crippen molar-refractivity contribution in [2.24, 2.45) is 0 Å². The van der Waals surface area contributed by atoms with Crippen LogP contribution >= 0.6 is 21.0 Å². The van der Waals surface area contributed by atoms with E-state index in [1.807, 2.05) is 18.2 Å². The molecule has 30 heavy (non-hydrogen) atoms. The molecule has 1 aliphatic heterocycles. The molecule has 0 saturated heterocycles. The molecule has 1 atom stereocenters. The van der Waals surface area contributed by atoms with Gasteiger partial charge in [0.25, 0.3) is 5.91 Å². The Morgan fingerprint density at radius 2 is 2.00 bits per heavy atom. The van der Waals surface area contributed by atoms with Gasteiger partial charge in [-0.2, -0.15) is 0 Å². The van der Waals surface area contributed by atoms with E-state index in [-0.39, 0.29) is 5.91 Å². The number of hydrogen-bond donors (Lipinski definition) is 1. The van der Waals surface area contributed by atoms with Gasteiger partial charge in [-0.3, -0.25) is 9.69 Å². The Bertz CT molecular complexity index is 1090. The highest BCUT2D eigenvalue weighted by molar-refractivity contribution is 7.98. The van der Waals surface area contributed by atoms with E-state index in [2.05, 4.69) is 62.1 Å². The number of nitrogens with one attached hydrogen (secondary N) is 1. The van der Waals surface area contributed by atoms with Gasteiger partial charge in [-0.25, -0.2) is 4.98 Å². The summed E-state index contributed by atoms with van der Waals surface area (Å²) in [6, 6.07) is 18.9. The Balaban J connectivity index is 1.70. The van der Waals surface area contributed by atoms with Crippen molar-refractivity contribution in [1.82, 2.24) is 15.2 Å².